The molecule has 0 nitrogen and oxygen atoms in total. The van der Waals surface area contributed by atoms with Crippen molar-refractivity contribution >= 4 is 11.8 Å². The zero-order chi connectivity index (χ0) is 7.61. The smallest absolute Gasteiger partial charge is 0.0154 e. The van der Waals surface area contributed by atoms with Gasteiger partial charge in [0.2, 0.25) is 0 Å². The Balaban J connectivity index is 2.48. The zero-order valence-corrected chi connectivity index (χ0v) is 8.13. The number of rotatable bonds is 1. The average molecular weight is 158 g/mol. The third kappa shape index (κ3) is 1.69. The minimum absolute atomic E-state index is 0.595. The molecule has 10 heavy (non-hydrogen) atoms. The number of hydrogen-bond donors (Lipinski definition) is 0. The number of hydrogen-bond acceptors (Lipinski definition) is 1. The molecule has 1 unspecified atom stereocenters. The van der Waals surface area contributed by atoms with Crippen LogP contribution in [0.5, 0.6) is 0 Å². The SMILES string of the molecule is CC(C)C1(C)CCCCS1. The van der Waals surface area contributed by atoms with Crippen LogP contribution in [-0.2, 0) is 0 Å². The fraction of sp³-hybridized carbons (Fsp3) is 1.00. The van der Waals surface area contributed by atoms with E-state index in [0.717, 1.165) is 5.92 Å². The Labute approximate surface area is 68.8 Å². The normalized spacial score (nSPS) is 34.8. The van der Waals surface area contributed by atoms with Crippen molar-refractivity contribution in [3.63, 3.8) is 0 Å². The molecule has 0 aromatic heterocycles. The highest BCUT2D eigenvalue weighted by atomic mass is 32.2. The monoisotopic (exact) mass is 158 g/mol. The van der Waals surface area contributed by atoms with E-state index in [-0.39, 0.29) is 0 Å². The van der Waals surface area contributed by atoms with Crippen LogP contribution in [0.15, 0.2) is 0 Å². The van der Waals surface area contributed by atoms with E-state index < -0.39 is 0 Å². The maximum atomic E-state index is 2.42. The van der Waals surface area contributed by atoms with Crippen LogP contribution in [0.4, 0.5) is 0 Å². The molecule has 1 aliphatic heterocycles. The second-order valence-electron chi connectivity index (χ2n) is 3.77. The lowest BCUT2D eigenvalue weighted by atomic mass is 9.91. The second-order valence-corrected chi connectivity index (χ2v) is 5.40. The van der Waals surface area contributed by atoms with Gasteiger partial charge < -0.3 is 0 Å². The van der Waals surface area contributed by atoms with Crippen molar-refractivity contribution in [2.45, 2.75) is 44.8 Å². The van der Waals surface area contributed by atoms with Crippen molar-refractivity contribution in [1.82, 2.24) is 0 Å². The largest absolute Gasteiger partial charge is 0.155 e. The summed E-state index contributed by atoms with van der Waals surface area (Å²) in [5, 5.41) is 0. The Morgan fingerprint density at radius 2 is 2.00 bits per heavy atom. The Kier molecular flexibility index (Phi) is 2.67. The molecule has 0 amide bonds. The van der Waals surface area contributed by atoms with Crippen molar-refractivity contribution in [3.05, 3.63) is 0 Å². The van der Waals surface area contributed by atoms with Gasteiger partial charge in [-0.2, -0.15) is 11.8 Å². The van der Waals surface area contributed by atoms with Crippen molar-refractivity contribution in [3.8, 4) is 0 Å². The summed E-state index contributed by atoms with van der Waals surface area (Å²) in [6.07, 6.45) is 4.31. The molecule has 60 valence electrons. The minimum atomic E-state index is 0.595. The molecule has 1 aliphatic rings. The van der Waals surface area contributed by atoms with Gasteiger partial charge in [0.1, 0.15) is 0 Å². The van der Waals surface area contributed by atoms with Crippen LogP contribution in [0.3, 0.4) is 0 Å². The topological polar surface area (TPSA) is 0 Å². The predicted octanol–water partition coefficient (Wildman–Crippen LogP) is 3.32. The third-order valence-electron chi connectivity index (χ3n) is 2.72. The van der Waals surface area contributed by atoms with Crippen LogP contribution >= 0.6 is 11.8 Å². The van der Waals surface area contributed by atoms with Crippen LogP contribution in [0.2, 0.25) is 0 Å². The predicted molar refractivity (Wildman–Crippen MR) is 49.6 cm³/mol. The molecule has 0 radical (unpaired) electrons. The maximum absolute atomic E-state index is 2.42. The van der Waals surface area contributed by atoms with Crippen LogP contribution < -0.4 is 0 Å². The molecule has 1 saturated heterocycles. The molecule has 0 N–H and O–H groups in total. The summed E-state index contributed by atoms with van der Waals surface area (Å²) in [5.74, 6) is 2.23. The summed E-state index contributed by atoms with van der Waals surface area (Å²) in [5.41, 5.74) is 0. The maximum Gasteiger partial charge on any atom is 0.0154 e. The van der Waals surface area contributed by atoms with E-state index in [1.165, 1.54) is 25.0 Å². The Morgan fingerprint density at radius 1 is 1.30 bits per heavy atom. The molecular weight excluding hydrogens is 140 g/mol. The van der Waals surface area contributed by atoms with E-state index in [9.17, 15) is 0 Å². The van der Waals surface area contributed by atoms with Crippen molar-refractivity contribution in [2.75, 3.05) is 5.75 Å². The highest BCUT2D eigenvalue weighted by Gasteiger charge is 2.30. The van der Waals surface area contributed by atoms with Crippen molar-refractivity contribution in [1.29, 1.82) is 0 Å². The molecule has 1 heteroatoms. The van der Waals surface area contributed by atoms with E-state index in [2.05, 4.69) is 32.5 Å². The number of thioether (sulfide) groups is 1. The fourth-order valence-corrected chi connectivity index (χ4v) is 2.85. The molecule has 0 aliphatic carbocycles. The van der Waals surface area contributed by atoms with E-state index in [1.807, 2.05) is 0 Å². The minimum Gasteiger partial charge on any atom is -0.155 e. The molecule has 1 atom stereocenters. The van der Waals surface area contributed by atoms with Gasteiger partial charge in [-0.05, 0) is 24.5 Å². The zero-order valence-electron chi connectivity index (χ0n) is 7.31. The lowest BCUT2D eigenvalue weighted by Crippen LogP contribution is -2.30. The van der Waals surface area contributed by atoms with E-state index in [0.29, 0.717) is 4.75 Å². The first-order valence-electron chi connectivity index (χ1n) is 4.29. The van der Waals surface area contributed by atoms with Gasteiger partial charge in [0.15, 0.2) is 0 Å². The van der Waals surface area contributed by atoms with Crippen LogP contribution in [0, 0.1) is 5.92 Å². The van der Waals surface area contributed by atoms with Gasteiger partial charge in [0, 0.05) is 4.75 Å². The highest BCUT2D eigenvalue weighted by molar-refractivity contribution is 8.00. The fourth-order valence-electron chi connectivity index (χ4n) is 1.41. The standard InChI is InChI=1S/C9H18S/c1-8(2)9(3)6-4-5-7-10-9/h8H,4-7H2,1-3H3. The lowest BCUT2D eigenvalue weighted by Gasteiger charge is -2.36. The first-order chi connectivity index (χ1) is 4.65. The summed E-state index contributed by atoms with van der Waals surface area (Å²) in [4.78, 5) is 0. The van der Waals surface area contributed by atoms with E-state index in [4.69, 9.17) is 0 Å². The second kappa shape index (κ2) is 3.17. The summed E-state index contributed by atoms with van der Waals surface area (Å²) in [6, 6.07) is 0. The summed E-state index contributed by atoms with van der Waals surface area (Å²) >= 11 is 2.17. The molecule has 0 spiro atoms. The van der Waals surface area contributed by atoms with Gasteiger partial charge in [-0.3, -0.25) is 0 Å². The first-order valence-corrected chi connectivity index (χ1v) is 5.28. The molecule has 0 saturated carbocycles. The Hall–Kier alpha value is 0.350. The summed E-state index contributed by atoms with van der Waals surface area (Å²) in [6.45, 7) is 7.11. The average Bonchev–Trinajstić information content (AvgIpc) is 1.89. The van der Waals surface area contributed by atoms with Crippen molar-refractivity contribution in [2.24, 2.45) is 5.92 Å². The first kappa shape index (κ1) is 8.45. The molecular formula is C9H18S. The lowest BCUT2D eigenvalue weighted by molar-refractivity contribution is 0.415. The molecule has 0 aromatic rings. The Bertz CT molecular complexity index is 101. The van der Waals surface area contributed by atoms with Gasteiger partial charge in [0.25, 0.3) is 0 Å². The van der Waals surface area contributed by atoms with E-state index in [1.54, 1.807) is 0 Å². The van der Waals surface area contributed by atoms with Gasteiger partial charge in [0.05, 0.1) is 0 Å². The molecule has 1 heterocycles. The molecule has 0 bridgehead atoms. The molecule has 1 fully saturated rings. The summed E-state index contributed by atoms with van der Waals surface area (Å²) < 4.78 is 0.595. The van der Waals surface area contributed by atoms with Gasteiger partial charge in [-0.1, -0.05) is 27.2 Å². The van der Waals surface area contributed by atoms with Crippen LogP contribution in [0.25, 0.3) is 0 Å². The van der Waals surface area contributed by atoms with Crippen LogP contribution in [0.1, 0.15) is 40.0 Å². The van der Waals surface area contributed by atoms with Crippen LogP contribution in [-0.4, -0.2) is 10.5 Å². The van der Waals surface area contributed by atoms with Gasteiger partial charge in [-0.15, -0.1) is 0 Å². The molecule has 0 aromatic carbocycles. The molecule has 1 rings (SSSR count). The van der Waals surface area contributed by atoms with Gasteiger partial charge >= 0.3 is 0 Å². The quantitative estimate of drug-likeness (QED) is 0.564. The Morgan fingerprint density at radius 3 is 2.30 bits per heavy atom. The van der Waals surface area contributed by atoms with E-state index >= 15 is 0 Å². The third-order valence-corrected chi connectivity index (χ3v) is 4.55. The van der Waals surface area contributed by atoms with Crippen molar-refractivity contribution < 1.29 is 0 Å². The highest BCUT2D eigenvalue weighted by Crippen LogP contribution is 2.41. The van der Waals surface area contributed by atoms with Gasteiger partial charge in [-0.25, -0.2) is 0 Å². The summed E-state index contributed by atoms with van der Waals surface area (Å²) in [7, 11) is 0.